The third-order valence-corrected chi connectivity index (χ3v) is 7.45. The van der Waals surface area contributed by atoms with Crippen molar-refractivity contribution in [2.24, 2.45) is 5.92 Å². The van der Waals surface area contributed by atoms with Crippen LogP contribution in [0.3, 0.4) is 0 Å². The molecule has 0 bridgehead atoms. The topological polar surface area (TPSA) is 76.6 Å². The monoisotopic (exact) mass is 390 g/mol. The maximum absolute atomic E-state index is 12.4. The standard InChI is InChI=1S/C18H18N2O4S2/c1-12-6-7-13(17(23)24-20-15(21)8-9-16(20)22)11-18(12,2)26-25-14-5-3-4-10-19-14/h3-7,10-12H,8-9H2,1-2H3. The van der Waals surface area contributed by atoms with E-state index < -0.39 is 17.8 Å². The van der Waals surface area contributed by atoms with E-state index in [9.17, 15) is 14.4 Å². The molecule has 1 aromatic rings. The van der Waals surface area contributed by atoms with Crippen molar-refractivity contribution < 1.29 is 19.2 Å². The van der Waals surface area contributed by atoms with Gasteiger partial charge in [0.05, 0.1) is 5.57 Å². The van der Waals surface area contributed by atoms with Crippen LogP contribution in [0.2, 0.25) is 0 Å². The number of imide groups is 1. The van der Waals surface area contributed by atoms with E-state index in [-0.39, 0.29) is 23.5 Å². The quantitative estimate of drug-likeness (QED) is 0.564. The maximum Gasteiger partial charge on any atom is 0.363 e. The molecule has 2 heterocycles. The van der Waals surface area contributed by atoms with Crippen molar-refractivity contribution in [3.05, 3.63) is 48.2 Å². The van der Waals surface area contributed by atoms with Gasteiger partial charge in [-0.05, 0) is 35.8 Å². The molecule has 8 heteroatoms. The smallest absolute Gasteiger partial charge is 0.325 e. The zero-order valence-corrected chi connectivity index (χ0v) is 16.0. The van der Waals surface area contributed by atoms with Crippen LogP contribution in [0.4, 0.5) is 0 Å². The van der Waals surface area contributed by atoms with Crippen molar-refractivity contribution in [2.45, 2.75) is 36.5 Å². The number of carbonyl (C=O) groups is 3. The SMILES string of the molecule is CC1C=CC(C(=O)ON2C(=O)CCC2=O)=CC1(C)SSc1ccccn1. The van der Waals surface area contributed by atoms with Gasteiger partial charge in [-0.25, -0.2) is 9.78 Å². The first-order chi connectivity index (χ1) is 12.4. The molecule has 2 aliphatic rings. The van der Waals surface area contributed by atoms with Gasteiger partial charge in [0.15, 0.2) is 0 Å². The Bertz CT molecular complexity index is 778. The average molecular weight is 390 g/mol. The number of hydroxylamine groups is 2. The molecule has 2 amide bonds. The highest BCUT2D eigenvalue weighted by atomic mass is 33.1. The van der Waals surface area contributed by atoms with Crippen molar-refractivity contribution in [3.8, 4) is 0 Å². The second-order valence-corrected chi connectivity index (χ2v) is 8.86. The zero-order chi connectivity index (χ0) is 18.7. The Kier molecular flexibility index (Phi) is 5.52. The number of amides is 2. The first kappa shape index (κ1) is 18.7. The highest BCUT2D eigenvalue weighted by molar-refractivity contribution is 8.77. The number of hydrogen-bond donors (Lipinski definition) is 0. The third-order valence-electron chi connectivity index (χ3n) is 4.27. The second-order valence-electron chi connectivity index (χ2n) is 6.23. The number of nitrogens with zero attached hydrogens (tertiary/aromatic N) is 2. The predicted molar refractivity (Wildman–Crippen MR) is 99.7 cm³/mol. The molecule has 1 aliphatic carbocycles. The van der Waals surface area contributed by atoms with Crippen molar-refractivity contribution in [2.75, 3.05) is 0 Å². The van der Waals surface area contributed by atoms with Gasteiger partial charge < -0.3 is 4.84 Å². The molecule has 2 atom stereocenters. The largest absolute Gasteiger partial charge is 0.363 e. The van der Waals surface area contributed by atoms with E-state index in [1.807, 2.05) is 37.3 Å². The van der Waals surface area contributed by atoms with Crippen LogP contribution >= 0.6 is 21.6 Å². The van der Waals surface area contributed by atoms with Crippen LogP contribution in [0.25, 0.3) is 0 Å². The number of hydrogen-bond acceptors (Lipinski definition) is 7. The van der Waals surface area contributed by atoms with Crippen molar-refractivity contribution >= 4 is 39.4 Å². The Hall–Kier alpha value is -2.06. The zero-order valence-electron chi connectivity index (χ0n) is 14.4. The number of aromatic nitrogens is 1. The molecule has 136 valence electrons. The van der Waals surface area contributed by atoms with Crippen molar-refractivity contribution in [1.29, 1.82) is 0 Å². The molecule has 1 fully saturated rings. The Morgan fingerprint density at radius 3 is 2.69 bits per heavy atom. The first-order valence-corrected chi connectivity index (χ1v) is 10.3. The summed E-state index contributed by atoms with van der Waals surface area (Å²) in [5.74, 6) is -1.50. The summed E-state index contributed by atoms with van der Waals surface area (Å²) in [6.07, 6.45) is 7.31. The van der Waals surface area contributed by atoms with Crippen LogP contribution in [-0.4, -0.2) is 32.6 Å². The minimum atomic E-state index is -0.702. The van der Waals surface area contributed by atoms with Gasteiger partial charge in [0.2, 0.25) is 0 Å². The number of carbonyl (C=O) groups excluding carboxylic acids is 3. The summed E-state index contributed by atoms with van der Waals surface area (Å²) in [6.45, 7) is 4.09. The van der Waals surface area contributed by atoms with Gasteiger partial charge in [-0.3, -0.25) is 9.59 Å². The molecule has 0 radical (unpaired) electrons. The van der Waals surface area contributed by atoms with E-state index in [0.29, 0.717) is 10.6 Å². The molecule has 2 unspecified atom stereocenters. The molecule has 3 rings (SSSR count). The number of allylic oxidation sites excluding steroid dienone is 1. The van der Waals surface area contributed by atoms with Crippen LogP contribution in [0.5, 0.6) is 0 Å². The summed E-state index contributed by atoms with van der Waals surface area (Å²) in [5, 5.41) is 1.45. The van der Waals surface area contributed by atoms with Gasteiger partial charge >= 0.3 is 5.97 Å². The van der Waals surface area contributed by atoms with Gasteiger partial charge in [0.25, 0.3) is 11.8 Å². The lowest BCUT2D eigenvalue weighted by atomic mass is 9.87. The molecule has 6 nitrogen and oxygen atoms in total. The summed E-state index contributed by atoms with van der Waals surface area (Å²) in [6, 6.07) is 5.70. The lowest BCUT2D eigenvalue weighted by Gasteiger charge is -2.32. The Morgan fingerprint density at radius 2 is 2.04 bits per heavy atom. The second kappa shape index (κ2) is 7.67. The number of rotatable bonds is 5. The minimum absolute atomic E-state index is 0.0757. The van der Waals surface area contributed by atoms with Gasteiger partial charge in [-0.2, -0.15) is 0 Å². The summed E-state index contributed by atoms with van der Waals surface area (Å²) >= 11 is 0. The molecule has 0 saturated carbocycles. The Balaban J connectivity index is 1.71. The molecule has 1 aliphatic heterocycles. The fraction of sp³-hybridized carbons (Fsp3) is 0.333. The molecule has 26 heavy (non-hydrogen) atoms. The molecular weight excluding hydrogens is 372 g/mol. The molecule has 0 N–H and O–H groups in total. The van der Waals surface area contributed by atoms with E-state index >= 15 is 0 Å². The van der Waals surface area contributed by atoms with Crippen molar-refractivity contribution in [1.82, 2.24) is 10.0 Å². The summed E-state index contributed by atoms with van der Waals surface area (Å²) < 4.78 is -0.371. The Morgan fingerprint density at radius 1 is 1.31 bits per heavy atom. The first-order valence-electron chi connectivity index (χ1n) is 8.15. The summed E-state index contributed by atoms with van der Waals surface area (Å²) in [5.41, 5.74) is 0.326. The minimum Gasteiger partial charge on any atom is -0.325 e. The Labute approximate surface area is 159 Å². The maximum atomic E-state index is 12.4. The predicted octanol–water partition coefficient (Wildman–Crippen LogP) is 3.32. The molecular formula is C18H18N2O4S2. The number of pyridine rings is 1. The van der Waals surface area contributed by atoms with Crippen LogP contribution in [0.1, 0.15) is 26.7 Å². The van der Waals surface area contributed by atoms with E-state index in [2.05, 4.69) is 11.9 Å². The normalized spacial score (nSPS) is 25.4. The van der Waals surface area contributed by atoms with Gasteiger partial charge in [-0.15, -0.1) is 5.06 Å². The van der Waals surface area contributed by atoms with Gasteiger partial charge in [0, 0.05) is 23.8 Å². The van der Waals surface area contributed by atoms with E-state index in [4.69, 9.17) is 4.84 Å². The van der Waals surface area contributed by atoms with E-state index in [1.165, 1.54) is 10.8 Å². The lowest BCUT2D eigenvalue weighted by molar-refractivity contribution is -0.194. The fourth-order valence-electron chi connectivity index (χ4n) is 2.48. The molecule has 1 saturated heterocycles. The lowest BCUT2D eigenvalue weighted by Crippen LogP contribution is -2.34. The van der Waals surface area contributed by atoms with Crippen LogP contribution < -0.4 is 0 Å². The van der Waals surface area contributed by atoms with E-state index in [0.717, 1.165) is 5.03 Å². The summed E-state index contributed by atoms with van der Waals surface area (Å²) in [4.78, 5) is 44.9. The van der Waals surface area contributed by atoms with Crippen LogP contribution in [0.15, 0.2) is 53.2 Å². The summed E-state index contributed by atoms with van der Waals surface area (Å²) in [7, 11) is 3.13. The van der Waals surface area contributed by atoms with Gasteiger partial charge in [-0.1, -0.05) is 42.0 Å². The molecule has 0 aromatic carbocycles. The fourth-order valence-corrected chi connectivity index (χ4v) is 5.08. The van der Waals surface area contributed by atoms with E-state index in [1.54, 1.807) is 23.1 Å². The van der Waals surface area contributed by atoms with Gasteiger partial charge in [0.1, 0.15) is 5.03 Å². The van der Waals surface area contributed by atoms with Crippen molar-refractivity contribution in [3.63, 3.8) is 0 Å². The third kappa shape index (κ3) is 4.02. The highest BCUT2D eigenvalue weighted by Gasteiger charge is 2.36. The molecule has 0 spiro atoms. The van der Waals surface area contributed by atoms with Crippen LogP contribution in [0, 0.1) is 5.92 Å². The highest BCUT2D eigenvalue weighted by Crippen LogP contribution is 2.47. The molecule has 1 aromatic heterocycles. The average Bonchev–Trinajstić information content (AvgIpc) is 2.95. The van der Waals surface area contributed by atoms with Crippen LogP contribution in [-0.2, 0) is 19.2 Å².